The minimum absolute atomic E-state index is 0.0345. The van der Waals surface area contributed by atoms with Gasteiger partial charge in [0.15, 0.2) is 0 Å². The van der Waals surface area contributed by atoms with Gasteiger partial charge in [0.25, 0.3) is 5.91 Å². The molecule has 2 unspecified atom stereocenters. The van der Waals surface area contributed by atoms with Crippen LogP contribution in [0, 0.1) is 0 Å². The molecule has 2 atom stereocenters. The molecule has 1 saturated heterocycles. The van der Waals surface area contributed by atoms with Crippen LogP contribution in [-0.4, -0.2) is 53.1 Å². The number of amides is 2. The molecule has 0 aromatic heterocycles. The van der Waals surface area contributed by atoms with Gasteiger partial charge in [0.2, 0.25) is 5.91 Å². The lowest BCUT2D eigenvalue weighted by Gasteiger charge is -2.35. The lowest BCUT2D eigenvalue weighted by Crippen LogP contribution is -2.54. The zero-order valence-corrected chi connectivity index (χ0v) is 18.0. The fourth-order valence-corrected chi connectivity index (χ4v) is 4.38. The largest absolute Gasteiger partial charge is 0.382 e. The van der Waals surface area contributed by atoms with Gasteiger partial charge < -0.3 is 21.1 Å². The van der Waals surface area contributed by atoms with Gasteiger partial charge in [0, 0.05) is 30.7 Å². The molecule has 1 aliphatic heterocycles. The van der Waals surface area contributed by atoms with Crippen molar-refractivity contribution in [3.05, 3.63) is 83.9 Å². The normalized spacial score (nSPS) is 16.6. The van der Waals surface area contributed by atoms with E-state index in [1.807, 2.05) is 77.7 Å². The van der Waals surface area contributed by atoms with E-state index < -0.39 is 18.1 Å². The van der Waals surface area contributed by atoms with Gasteiger partial charge in [-0.1, -0.05) is 60.7 Å². The lowest BCUT2D eigenvalue weighted by molar-refractivity contribution is -0.127. The first-order valence-corrected chi connectivity index (χ1v) is 11.1. The van der Waals surface area contributed by atoms with E-state index in [0.29, 0.717) is 25.1 Å². The molecule has 3 aromatic rings. The molecule has 1 heterocycles. The highest BCUT2D eigenvalue weighted by Gasteiger charge is 2.30. The quantitative estimate of drug-likeness (QED) is 0.536. The summed E-state index contributed by atoms with van der Waals surface area (Å²) in [7, 11) is 0. The summed E-state index contributed by atoms with van der Waals surface area (Å²) in [6.45, 7) is 1.24. The predicted molar refractivity (Wildman–Crippen MR) is 125 cm³/mol. The highest BCUT2D eigenvalue weighted by molar-refractivity contribution is 5.98. The number of fused-ring (bicyclic) bond motifs is 1. The fraction of sp³-hybridized carbons (Fsp3) is 0.308. The van der Waals surface area contributed by atoms with Crippen molar-refractivity contribution in [2.24, 2.45) is 5.73 Å². The number of nitrogens with two attached hydrogens (primary N) is 1. The summed E-state index contributed by atoms with van der Waals surface area (Å²) in [5.74, 6) is -0.699. The van der Waals surface area contributed by atoms with E-state index in [2.05, 4.69) is 5.32 Å². The van der Waals surface area contributed by atoms with Crippen LogP contribution in [0.1, 0.15) is 28.8 Å². The SMILES string of the molecule is NC(=O)C(O)C(Cc1ccccc1)NC1CCN(C(=O)c2ccc3ccccc3c2)CC1. The Bertz CT molecular complexity index is 1080. The van der Waals surface area contributed by atoms with Crippen molar-refractivity contribution in [1.82, 2.24) is 10.2 Å². The van der Waals surface area contributed by atoms with Crippen LogP contribution < -0.4 is 11.1 Å². The van der Waals surface area contributed by atoms with E-state index in [-0.39, 0.29) is 11.9 Å². The smallest absolute Gasteiger partial charge is 0.253 e. The van der Waals surface area contributed by atoms with Gasteiger partial charge in [-0.15, -0.1) is 0 Å². The summed E-state index contributed by atoms with van der Waals surface area (Å²) >= 11 is 0. The molecule has 6 heteroatoms. The van der Waals surface area contributed by atoms with E-state index in [9.17, 15) is 14.7 Å². The number of nitrogens with zero attached hydrogens (tertiary/aromatic N) is 1. The highest BCUT2D eigenvalue weighted by atomic mass is 16.3. The van der Waals surface area contributed by atoms with Crippen molar-refractivity contribution in [2.75, 3.05) is 13.1 Å². The molecule has 0 aliphatic carbocycles. The zero-order chi connectivity index (χ0) is 22.5. The molecule has 32 heavy (non-hydrogen) atoms. The monoisotopic (exact) mass is 431 g/mol. The molecule has 2 amide bonds. The average Bonchev–Trinajstić information content (AvgIpc) is 2.83. The number of nitrogens with one attached hydrogen (secondary N) is 1. The fourth-order valence-electron chi connectivity index (χ4n) is 4.38. The van der Waals surface area contributed by atoms with Gasteiger partial charge in [0.05, 0.1) is 0 Å². The molecule has 0 spiro atoms. The molecule has 1 fully saturated rings. The number of benzene rings is 3. The Hall–Kier alpha value is -3.22. The van der Waals surface area contributed by atoms with Crippen molar-refractivity contribution >= 4 is 22.6 Å². The van der Waals surface area contributed by atoms with Crippen LogP contribution in [0.15, 0.2) is 72.8 Å². The molecule has 1 aliphatic rings. The first kappa shape index (κ1) is 22.0. The molecule has 166 valence electrons. The van der Waals surface area contributed by atoms with E-state index in [1.165, 1.54) is 0 Å². The first-order valence-electron chi connectivity index (χ1n) is 11.1. The van der Waals surface area contributed by atoms with Crippen LogP contribution in [0.4, 0.5) is 0 Å². The Morgan fingerprint density at radius 3 is 2.31 bits per heavy atom. The highest BCUT2D eigenvalue weighted by Crippen LogP contribution is 2.20. The number of aliphatic hydroxyl groups excluding tert-OH is 1. The predicted octanol–water partition coefficient (Wildman–Crippen LogP) is 2.49. The van der Waals surface area contributed by atoms with Crippen LogP contribution in [0.3, 0.4) is 0 Å². The Kier molecular flexibility index (Phi) is 6.83. The third kappa shape index (κ3) is 5.15. The Balaban J connectivity index is 1.37. The number of hydrogen-bond acceptors (Lipinski definition) is 4. The lowest BCUT2D eigenvalue weighted by atomic mass is 9.96. The number of likely N-dealkylation sites (tertiary alicyclic amines) is 1. The van der Waals surface area contributed by atoms with Crippen molar-refractivity contribution in [2.45, 2.75) is 37.5 Å². The van der Waals surface area contributed by atoms with Crippen LogP contribution >= 0.6 is 0 Å². The molecular formula is C26H29N3O3. The second kappa shape index (κ2) is 9.94. The molecule has 3 aromatic carbocycles. The standard InChI is InChI=1S/C26H29N3O3/c27-25(31)24(30)23(16-18-6-2-1-3-7-18)28-22-12-14-29(15-13-22)26(32)21-11-10-19-8-4-5-9-20(19)17-21/h1-11,17,22-24,28,30H,12-16H2,(H2,27,31). The minimum Gasteiger partial charge on any atom is -0.382 e. The summed E-state index contributed by atoms with van der Waals surface area (Å²) < 4.78 is 0. The molecule has 4 N–H and O–H groups in total. The second-order valence-corrected chi connectivity index (χ2v) is 8.44. The number of rotatable bonds is 7. The molecule has 6 nitrogen and oxygen atoms in total. The molecule has 0 bridgehead atoms. The maximum Gasteiger partial charge on any atom is 0.253 e. The van der Waals surface area contributed by atoms with Gasteiger partial charge in [-0.3, -0.25) is 9.59 Å². The zero-order valence-electron chi connectivity index (χ0n) is 18.0. The van der Waals surface area contributed by atoms with Gasteiger partial charge >= 0.3 is 0 Å². The number of hydrogen-bond donors (Lipinski definition) is 3. The first-order chi connectivity index (χ1) is 15.5. The minimum atomic E-state index is -1.27. The number of piperidine rings is 1. The molecular weight excluding hydrogens is 402 g/mol. The molecule has 0 radical (unpaired) electrons. The third-order valence-electron chi connectivity index (χ3n) is 6.20. The van der Waals surface area contributed by atoms with Crippen molar-refractivity contribution in [3.63, 3.8) is 0 Å². The van der Waals surface area contributed by atoms with Gasteiger partial charge in [-0.2, -0.15) is 0 Å². The summed E-state index contributed by atoms with van der Waals surface area (Å²) in [4.78, 5) is 26.5. The molecule has 4 rings (SSSR count). The van der Waals surface area contributed by atoms with Crippen LogP contribution in [-0.2, 0) is 11.2 Å². The third-order valence-corrected chi connectivity index (χ3v) is 6.20. The van der Waals surface area contributed by atoms with Gasteiger partial charge in [-0.25, -0.2) is 0 Å². The average molecular weight is 432 g/mol. The topological polar surface area (TPSA) is 95.7 Å². The number of primary amides is 1. The summed E-state index contributed by atoms with van der Waals surface area (Å²) in [5, 5.41) is 15.9. The van der Waals surface area contributed by atoms with Crippen LogP contribution in [0.2, 0.25) is 0 Å². The van der Waals surface area contributed by atoms with E-state index in [4.69, 9.17) is 5.73 Å². The van der Waals surface area contributed by atoms with Crippen molar-refractivity contribution in [1.29, 1.82) is 0 Å². The van der Waals surface area contributed by atoms with Crippen molar-refractivity contribution < 1.29 is 14.7 Å². The number of carbonyl (C=O) groups excluding carboxylic acids is 2. The summed E-state index contributed by atoms with van der Waals surface area (Å²) in [5.41, 5.74) is 7.10. The van der Waals surface area contributed by atoms with Crippen LogP contribution in [0.25, 0.3) is 10.8 Å². The Labute approximate surface area is 188 Å². The van der Waals surface area contributed by atoms with E-state index in [0.717, 1.165) is 29.2 Å². The van der Waals surface area contributed by atoms with E-state index >= 15 is 0 Å². The second-order valence-electron chi connectivity index (χ2n) is 8.44. The van der Waals surface area contributed by atoms with Gasteiger partial charge in [-0.05, 0) is 47.7 Å². The summed E-state index contributed by atoms with van der Waals surface area (Å²) in [6, 6.07) is 23.2. The van der Waals surface area contributed by atoms with E-state index in [1.54, 1.807) is 0 Å². The van der Waals surface area contributed by atoms with Crippen LogP contribution in [0.5, 0.6) is 0 Å². The maximum absolute atomic E-state index is 13.0. The number of carbonyl (C=O) groups is 2. The molecule has 0 saturated carbocycles. The van der Waals surface area contributed by atoms with Gasteiger partial charge in [0.1, 0.15) is 6.10 Å². The maximum atomic E-state index is 13.0. The Morgan fingerprint density at radius 2 is 1.62 bits per heavy atom. The van der Waals surface area contributed by atoms with Crippen molar-refractivity contribution in [3.8, 4) is 0 Å². The number of aliphatic hydroxyl groups is 1. The Morgan fingerprint density at radius 1 is 0.969 bits per heavy atom. The summed E-state index contributed by atoms with van der Waals surface area (Å²) in [6.07, 6.45) is 0.723.